The molecule has 2 heterocycles. The van der Waals surface area contributed by atoms with Crippen LogP contribution in [0.3, 0.4) is 0 Å². The molecule has 0 unspecified atom stereocenters. The van der Waals surface area contributed by atoms with Crippen molar-refractivity contribution >= 4 is 39.5 Å². The highest BCUT2D eigenvalue weighted by Crippen LogP contribution is 2.27. The van der Waals surface area contributed by atoms with E-state index < -0.39 is 5.97 Å². The summed E-state index contributed by atoms with van der Waals surface area (Å²) in [5, 5.41) is 23.5. The first-order valence-corrected chi connectivity index (χ1v) is 11.0. The number of aliphatic carboxylic acids is 1. The quantitative estimate of drug-likeness (QED) is 0.314. The van der Waals surface area contributed by atoms with Gasteiger partial charge in [0.2, 0.25) is 0 Å². The predicted molar refractivity (Wildman–Crippen MR) is 127 cm³/mol. The molecule has 0 amide bonds. The fraction of sp³-hybridized carbons (Fsp3) is 0.167. The lowest BCUT2D eigenvalue weighted by molar-refractivity contribution is -0.137. The fourth-order valence-electron chi connectivity index (χ4n) is 3.58. The molecule has 1 N–H and O–H groups in total. The Morgan fingerprint density at radius 1 is 0.971 bits per heavy atom. The zero-order valence-electron chi connectivity index (χ0n) is 18.0. The maximum Gasteiger partial charge on any atom is 0.325 e. The highest BCUT2D eigenvalue weighted by atomic mass is 35.5. The van der Waals surface area contributed by atoms with Crippen LogP contribution in [0.5, 0.6) is 11.5 Å². The van der Waals surface area contributed by atoms with Gasteiger partial charge in [-0.05, 0) is 48.5 Å². The van der Waals surface area contributed by atoms with Crippen LogP contribution in [0, 0.1) is 0 Å². The lowest BCUT2D eigenvalue weighted by Crippen LogP contribution is -2.09. The molecular formula is C24H20ClN5O4. The van der Waals surface area contributed by atoms with Gasteiger partial charge in [-0.15, -0.1) is 15.0 Å². The molecule has 0 radical (unpaired) electrons. The monoisotopic (exact) mass is 477 g/mol. The summed E-state index contributed by atoms with van der Waals surface area (Å²) in [5.74, 6) is 0.366. The average Bonchev–Trinajstić information content (AvgIpc) is 3.43. The van der Waals surface area contributed by atoms with Gasteiger partial charge in [-0.3, -0.25) is 9.48 Å². The summed E-state index contributed by atoms with van der Waals surface area (Å²) in [6.07, 6.45) is 2.27. The third kappa shape index (κ3) is 4.65. The number of nitrogens with zero attached hydrogens (tertiary/aromatic N) is 5. The number of hydrogen-bond donors (Lipinski definition) is 1. The van der Waals surface area contributed by atoms with Crippen LogP contribution in [0.1, 0.15) is 6.42 Å². The number of halogens is 1. The second-order valence-corrected chi connectivity index (χ2v) is 7.99. The van der Waals surface area contributed by atoms with E-state index in [2.05, 4.69) is 15.3 Å². The molecule has 34 heavy (non-hydrogen) atoms. The third-order valence-corrected chi connectivity index (χ3v) is 5.37. The van der Waals surface area contributed by atoms with Crippen molar-refractivity contribution in [3.05, 3.63) is 71.9 Å². The van der Waals surface area contributed by atoms with E-state index in [9.17, 15) is 4.79 Å². The van der Waals surface area contributed by atoms with Crippen molar-refractivity contribution in [1.29, 1.82) is 0 Å². The van der Waals surface area contributed by atoms with E-state index in [-0.39, 0.29) is 6.54 Å². The van der Waals surface area contributed by atoms with Crippen LogP contribution >= 0.6 is 11.6 Å². The molecule has 5 rings (SSSR count). The average molecular weight is 478 g/mol. The Bertz CT molecular complexity index is 1450. The molecule has 0 aliphatic rings. The summed E-state index contributed by atoms with van der Waals surface area (Å²) in [6, 6.07) is 18.4. The summed E-state index contributed by atoms with van der Waals surface area (Å²) in [6.45, 7) is 0.688. The molecule has 172 valence electrons. The first-order chi connectivity index (χ1) is 16.6. The van der Waals surface area contributed by atoms with Crippen LogP contribution in [0.25, 0.3) is 27.6 Å². The van der Waals surface area contributed by atoms with E-state index in [0.29, 0.717) is 41.8 Å². The van der Waals surface area contributed by atoms with E-state index in [1.807, 2.05) is 30.3 Å². The minimum Gasteiger partial charge on any atom is -0.493 e. The molecule has 0 aliphatic heterocycles. The Morgan fingerprint density at radius 2 is 1.74 bits per heavy atom. The lowest BCUT2D eigenvalue weighted by atomic mass is 10.2. The molecule has 9 nitrogen and oxygen atoms in total. The van der Waals surface area contributed by atoms with E-state index in [0.717, 1.165) is 21.9 Å². The Labute approximate surface area is 199 Å². The largest absolute Gasteiger partial charge is 0.493 e. The summed E-state index contributed by atoms with van der Waals surface area (Å²) < 4.78 is 13.3. The van der Waals surface area contributed by atoms with Crippen molar-refractivity contribution in [1.82, 2.24) is 24.8 Å². The van der Waals surface area contributed by atoms with Gasteiger partial charge in [0, 0.05) is 16.8 Å². The molecular weight excluding hydrogens is 458 g/mol. The molecule has 10 heteroatoms. The molecule has 0 atom stereocenters. The Balaban J connectivity index is 1.20. The highest BCUT2D eigenvalue weighted by molar-refractivity contribution is 6.30. The topological polar surface area (TPSA) is 104 Å². The van der Waals surface area contributed by atoms with Crippen LogP contribution in [-0.2, 0) is 11.3 Å². The Morgan fingerprint density at radius 3 is 2.50 bits per heavy atom. The molecule has 2 aromatic heterocycles. The molecule has 5 aromatic rings. The maximum atomic E-state index is 10.9. The number of ether oxygens (including phenoxy) is 2. The summed E-state index contributed by atoms with van der Waals surface area (Å²) >= 11 is 6.21. The van der Waals surface area contributed by atoms with Crippen molar-refractivity contribution in [2.24, 2.45) is 0 Å². The molecule has 0 bridgehead atoms. The first-order valence-electron chi connectivity index (χ1n) is 10.6. The van der Waals surface area contributed by atoms with E-state index in [1.165, 1.54) is 9.48 Å². The van der Waals surface area contributed by atoms with Crippen LogP contribution < -0.4 is 9.47 Å². The van der Waals surface area contributed by atoms with Crippen LogP contribution in [0.4, 0.5) is 0 Å². The second kappa shape index (κ2) is 9.40. The van der Waals surface area contributed by atoms with Crippen molar-refractivity contribution in [3.8, 4) is 17.2 Å². The van der Waals surface area contributed by atoms with Gasteiger partial charge in [-0.1, -0.05) is 23.7 Å². The number of fused-ring (bicyclic) bond motifs is 2. The normalized spacial score (nSPS) is 11.2. The molecule has 0 spiro atoms. The number of rotatable bonds is 9. The number of carboxylic acid groups (broad SMARTS) is 1. The third-order valence-electron chi connectivity index (χ3n) is 5.14. The zero-order valence-corrected chi connectivity index (χ0v) is 18.7. The minimum absolute atomic E-state index is 0.183. The summed E-state index contributed by atoms with van der Waals surface area (Å²) in [5.41, 5.74) is 2.97. The second-order valence-electron chi connectivity index (χ2n) is 7.56. The van der Waals surface area contributed by atoms with Crippen molar-refractivity contribution in [3.63, 3.8) is 0 Å². The maximum absolute atomic E-state index is 10.9. The Kier molecular flexibility index (Phi) is 6.01. The predicted octanol–water partition coefficient (Wildman–Crippen LogP) is 4.36. The number of benzene rings is 3. The van der Waals surface area contributed by atoms with Crippen LogP contribution in [0.15, 0.2) is 66.9 Å². The molecule has 0 aliphatic carbocycles. The lowest BCUT2D eigenvalue weighted by Gasteiger charge is -2.12. The van der Waals surface area contributed by atoms with Gasteiger partial charge in [0.15, 0.2) is 0 Å². The van der Waals surface area contributed by atoms with Gasteiger partial charge >= 0.3 is 5.97 Å². The molecule has 0 fully saturated rings. The van der Waals surface area contributed by atoms with Gasteiger partial charge in [-0.25, -0.2) is 0 Å². The standard InChI is InChI=1S/C24H20ClN5O4/c25-17-6-9-23(22(13-17)30-27-19-4-1-2-5-20(19)28-30)34-11-3-10-33-18-7-8-21-16(12-18)14-26-29(21)15-24(31)32/h1-2,4-9,12-14H,3,10-11,15H2,(H,31,32). The van der Waals surface area contributed by atoms with Crippen molar-refractivity contribution in [2.45, 2.75) is 13.0 Å². The van der Waals surface area contributed by atoms with Gasteiger partial charge < -0.3 is 14.6 Å². The number of carboxylic acids is 1. The number of carbonyl (C=O) groups is 1. The first kappa shape index (κ1) is 21.7. The Hall–Kier alpha value is -4.11. The number of hydrogen-bond acceptors (Lipinski definition) is 6. The van der Waals surface area contributed by atoms with E-state index in [1.54, 1.807) is 36.5 Å². The highest BCUT2D eigenvalue weighted by Gasteiger charge is 2.12. The molecule has 0 saturated carbocycles. The SMILES string of the molecule is O=C(O)Cn1ncc2cc(OCCCOc3ccc(Cl)cc3-n3nc4ccccc4n3)ccc21. The molecule has 3 aromatic carbocycles. The smallest absolute Gasteiger partial charge is 0.325 e. The van der Waals surface area contributed by atoms with E-state index >= 15 is 0 Å². The van der Waals surface area contributed by atoms with Gasteiger partial charge in [-0.2, -0.15) is 5.10 Å². The summed E-state index contributed by atoms with van der Waals surface area (Å²) in [4.78, 5) is 12.5. The molecule has 0 saturated heterocycles. The fourth-order valence-corrected chi connectivity index (χ4v) is 3.74. The summed E-state index contributed by atoms with van der Waals surface area (Å²) in [7, 11) is 0. The van der Waals surface area contributed by atoms with Gasteiger partial charge in [0.05, 0.1) is 24.9 Å². The van der Waals surface area contributed by atoms with Gasteiger partial charge in [0.25, 0.3) is 0 Å². The van der Waals surface area contributed by atoms with Crippen molar-refractivity contribution in [2.75, 3.05) is 13.2 Å². The zero-order chi connectivity index (χ0) is 23.5. The van der Waals surface area contributed by atoms with Crippen LogP contribution in [0.2, 0.25) is 5.02 Å². The minimum atomic E-state index is -0.939. The van der Waals surface area contributed by atoms with E-state index in [4.69, 9.17) is 26.2 Å². The van der Waals surface area contributed by atoms with Crippen LogP contribution in [-0.4, -0.2) is 49.1 Å². The van der Waals surface area contributed by atoms with Crippen molar-refractivity contribution < 1.29 is 19.4 Å². The van der Waals surface area contributed by atoms with Gasteiger partial charge in [0.1, 0.15) is 34.8 Å². The number of aromatic nitrogens is 5.